The van der Waals surface area contributed by atoms with E-state index in [1.807, 2.05) is 35.1 Å². The maximum absolute atomic E-state index is 12.3. The molecule has 11 heteroatoms. The second kappa shape index (κ2) is 8.42. The maximum atomic E-state index is 12.3. The lowest BCUT2D eigenvalue weighted by Crippen LogP contribution is -2.33. The molecule has 4 aromatic rings. The molecule has 0 aliphatic heterocycles. The van der Waals surface area contributed by atoms with Crippen LogP contribution in [0.2, 0.25) is 4.34 Å². The molecular formula is C20H15ClN4O4S2. The number of anilines is 1. The number of carbonyl (C=O) groups excluding carboxylic acids is 1. The van der Waals surface area contributed by atoms with Crippen LogP contribution in [0, 0.1) is 0 Å². The highest BCUT2D eigenvalue weighted by Gasteiger charge is 2.19. The molecule has 0 atom stereocenters. The Kier molecular flexibility index (Phi) is 5.68. The van der Waals surface area contributed by atoms with E-state index in [0.29, 0.717) is 21.4 Å². The zero-order valence-electron chi connectivity index (χ0n) is 15.7. The zero-order chi connectivity index (χ0) is 22.0. The Morgan fingerprint density at radius 2 is 1.71 bits per heavy atom. The number of nitrogens with zero attached hydrogens (tertiary/aromatic N) is 1. The molecule has 2 heterocycles. The molecule has 0 unspecified atom stereocenters. The van der Waals surface area contributed by atoms with Crippen LogP contribution in [0.25, 0.3) is 16.9 Å². The van der Waals surface area contributed by atoms with Gasteiger partial charge in [-0.2, -0.15) is 0 Å². The van der Waals surface area contributed by atoms with E-state index >= 15 is 0 Å². The van der Waals surface area contributed by atoms with Gasteiger partial charge in [0.2, 0.25) is 0 Å². The van der Waals surface area contributed by atoms with E-state index in [-0.39, 0.29) is 9.77 Å². The number of aromatic amines is 1. The molecule has 2 aromatic carbocycles. The molecule has 0 aliphatic carbocycles. The minimum Gasteiger partial charge on any atom is -0.307 e. The van der Waals surface area contributed by atoms with Crippen LogP contribution in [0.1, 0.15) is 0 Å². The standard InChI is InChI=1S/C20H15ClN4O4S2/c21-17-10-11-19(30-17)31(28,29)24-20(27)22-14-6-8-15(9-7-14)25-18(26)12-16(23-25)13-4-2-1-3-5-13/h1-12,23H,(H2,22,24,27). The molecule has 3 N–H and O–H groups in total. The lowest BCUT2D eigenvalue weighted by Gasteiger charge is -2.08. The van der Waals surface area contributed by atoms with Crippen molar-refractivity contribution < 1.29 is 13.2 Å². The topological polar surface area (TPSA) is 113 Å². The first-order valence-corrected chi connectivity index (χ1v) is 11.6. The Hall–Kier alpha value is -3.34. The van der Waals surface area contributed by atoms with Crippen molar-refractivity contribution in [1.82, 2.24) is 14.5 Å². The molecule has 0 saturated heterocycles. The number of rotatable bonds is 5. The number of hydrogen-bond donors (Lipinski definition) is 3. The molecular weight excluding hydrogens is 460 g/mol. The van der Waals surface area contributed by atoms with Gasteiger partial charge in [0, 0.05) is 11.8 Å². The van der Waals surface area contributed by atoms with Crippen molar-refractivity contribution in [2.24, 2.45) is 0 Å². The summed E-state index contributed by atoms with van der Waals surface area (Å²) < 4.78 is 27.9. The van der Waals surface area contributed by atoms with Crippen LogP contribution in [0.15, 0.2) is 81.8 Å². The monoisotopic (exact) mass is 474 g/mol. The maximum Gasteiger partial charge on any atom is 0.333 e. The summed E-state index contributed by atoms with van der Waals surface area (Å²) in [5.74, 6) is 0. The van der Waals surface area contributed by atoms with Crippen LogP contribution < -0.4 is 15.6 Å². The van der Waals surface area contributed by atoms with Crippen molar-refractivity contribution in [2.45, 2.75) is 4.21 Å². The fourth-order valence-corrected chi connectivity index (χ4v) is 5.21. The number of benzene rings is 2. The van der Waals surface area contributed by atoms with Crippen LogP contribution in [0.4, 0.5) is 10.5 Å². The lowest BCUT2D eigenvalue weighted by atomic mass is 10.2. The number of aromatic nitrogens is 2. The van der Waals surface area contributed by atoms with Crippen LogP contribution in [0.3, 0.4) is 0 Å². The number of amides is 2. The van der Waals surface area contributed by atoms with E-state index in [1.165, 1.54) is 22.9 Å². The number of carbonyl (C=O) groups is 1. The minimum absolute atomic E-state index is 0.0664. The predicted molar refractivity (Wildman–Crippen MR) is 120 cm³/mol. The fourth-order valence-electron chi connectivity index (χ4n) is 2.82. The third-order valence-electron chi connectivity index (χ3n) is 4.23. The Morgan fingerprint density at radius 3 is 2.35 bits per heavy atom. The molecule has 4 rings (SSSR count). The van der Waals surface area contributed by atoms with Gasteiger partial charge >= 0.3 is 6.03 Å². The number of hydrogen-bond acceptors (Lipinski definition) is 5. The van der Waals surface area contributed by atoms with Crippen molar-refractivity contribution in [2.75, 3.05) is 5.32 Å². The molecule has 0 fully saturated rings. The first kappa shape index (κ1) is 20.9. The quantitative estimate of drug-likeness (QED) is 0.404. The summed E-state index contributed by atoms with van der Waals surface area (Å²) in [5.41, 5.74) is 2.22. The van der Waals surface area contributed by atoms with Crippen molar-refractivity contribution >= 4 is 44.7 Å². The van der Waals surface area contributed by atoms with Gasteiger partial charge in [0.1, 0.15) is 4.21 Å². The molecule has 0 saturated carbocycles. The summed E-state index contributed by atoms with van der Waals surface area (Å²) in [4.78, 5) is 24.4. The molecule has 2 aromatic heterocycles. The van der Waals surface area contributed by atoms with E-state index < -0.39 is 16.1 Å². The van der Waals surface area contributed by atoms with E-state index in [4.69, 9.17) is 11.6 Å². The van der Waals surface area contributed by atoms with Gasteiger partial charge in [-0.3, -0.25) is 9.89 Å². The van der Waals surface area contributed by atoms with Gasteiger partial charge in [-0.05, 0) is 42.0 Å². The summed E-state index contributed by atoms with van der Waals surface area (Å²) in [6, 6.07) is 19.1. The number of sulfonamides is 1. The normalized spacial score (nSPS) is 11.3. The summed E-state index contributed by atoms with van der Waals surface area (Å²) >= 11 is 6.59. The second-order valence-electron chi connectivity index (χ2n) is 6.37. The average Bonchev–Trinajstić information content (AvgIpc) is 3.35. The van der Waals surface area contributed by atoms with Gasteiger partial charge in [-0.1, -0.05) is 41.9 Å². The van der Waals surface area contributed by atoms with Gasteiger partial charge < -0.3 is 5.32 Å². The van der Waals surface area contributed by atoms with Crippen molar-refractivity contribution in [1.29, 1.82) is 0 Å². The Morgan fingerprint density at radius 1 is 1.00 bits per heavy atom. The zero-order valence-corrected chi connectivity index (χ0v) is 18.1. The number of H-pyrrole nitrogens is 1. The van der Waals surface area contributed by atoms with Crippen LogP contribution in [0.5, 0.6) is 0 Å². The summed E-state index contributed by atoms with van der Waals surface area (Å²) in [6.45, 7) is 0. The summed E-state index contributed by atoms with van der Waals surface area (Å²) in [7, 11) is -4.02. The highest BCUT2D eigenvalue weighted by molar-refractivity contribution is 7.92. The molecule has 31 heavy (non-hydrogen) atoms. The van der Waals surface area contributed by atoms with Crippen molar-refractivity contribution in [3.63, 3.8) is 0 Å². The Bertz CT molecular complexity index is 1390. The van der Waals surface area contributed by atoms with Crippen LogP contribution in [-0.4, -0.2) is 24.2 Å². The Balaban J connectivity index is 1.47. The molecule has 158 valence electrons. The molecule has 0 radical (unpaired) electrons. The third kappa shape index (κ3) is 4.71. The minimum atomic E-state index is -4.02. The van der Waals surface area contributed by atoms with Crippen LogP contribution in [-0.2, 0) is 10.0 Å². The third-order valence-corrected chi connectivity index (χ3v) is 7.28. The first-order chi connectivity index (χ1) is 14.8. The van der Waals surface area contributed by atoms with E-state index in [2.05, 4.69) is 10.4 Å². The molecule has 0 aliphatic rings. The van der Waals surface area contributed by atoms with Gasteiger partial charge in [0.25, 0.3) is 15.6 Å². The SMILES string of the molecule is O=C(Nc1ccc(-n2[nH]c(-c3ccccc3)cc2=O)cc1)NS(=O)(=O)c1ccc(Cl)s1. The number of nitrogens with one attached hydrogen (secondary N) is 3. The summed E-state index contributed by atoms with van der Waals surface area (Å²) in [5, 5.41) is 5.48. The molecule has 0 spiro atoms. The van der Waals surface area contributed by atoms with Crippen molar-refractivity contribution in [3.8, 4) is 16.9 Å². The van der Waals surface area contributed by atoms with Crippen molar-refractivity contribution in [3.05, 3.63) is 87.5 Å². The Labute approximate surface area is 186 Å². The second-order valence-corrected chi connectivity index (χ2v) is 10.00. The van der Waals surface area contributed by atoms with E-state index in [9.17, 15) is 18.0 Å². The fraction of sp³-hybridized carbons (Fsp3) is 0. The number of urea groups is 1. The number of thiophene rings is 1. The predicted octanol–water partition coefficient (Wildman–Crippen LogP) is 4.06. The van der Waals surface area contributed by atoms with Gasteiger partial charge in [0.05, 0.1) is 15.7 Å². The van der Waals surface area contributed by atoms with Crippen LogP contribution >= 0.6 is 22.9 Å². The van der Waals surface area contributed by atoms with Gasteiger partial charge in [0.15, 0.2) is 0 Å². The van der Waals surface area contributed by atoms with E-state index in [1.54, 1.807) is 24.3 Å². The highest BCUT2D eigenvalue weighted by Crippen LogP contribution is 2.25. The van der Waals surface area contributed by atoms with E-state index in [0.717, 1.165) is 16.9 Å². The molecule has 0 bridgehead atoms. The average molecular weight is 475 g/mol. The first-order valence-electron chi connectivity index (χ1n) is 8.89. The molecule has 2 amide bonds. The van der Waals surface area contributed by atoms with Gasteiger partial charge in [-0.15, -0.1) is 11.3 Å². The lowest BCUT2D eigenvalue weighted by molar-refractivity contribution is 0.256. The number of halogens is 1. The largest absolute Gasteiger partial charge is 0.333 e. The highest BCUT2D eigenvalue weighted by atomic mass is 35.5. The van der Waals surface area contributed by atoms with Gasteiger partial charge in [-0.25, -0.2) is 22.6 Å². The summed E-state index contributed by atoms with van der Waals surface area (Å²) in [6.07, 6.45) is 0. The molecule has 8 nitrogen and oxygen atoms in total. The smallest absolute Gasteiger partial charge is 0.307 e.